The molecule has 0 aliphatic carbocycles. The van der Waals surface area contributed by atoms with Gasteiger partial charge < -0.3 is 10.4 Å². The van der Waals surface area contributed by atoms with Crippen LogP contribution >= 0.6 is 0 Å². The van der Waals surface area contributed by atoms with E-state index in [9.17, 15) is 5.11 Å². The largest absolute Gasteiger partial charge is 0.389 e. The third-order valence-corrected chi connectivity index (χ3v) is 3.94. The van der Waals surface area contributed by atoms with Gasteiger partial charge in [0, 0.05) is 24.5 Å². The lowest BCUT2D eigenvalue weighted by atomic mass is 9.95. The molecular weight excluding hydrogens is 276 g/mol. The molecule has 0 radical (unpaired) electrons. The summed E-state index contributed by atoms with van der Waals surface area (Å²) in [6, 6.07) is 2.05. The molecule has 5 heteroatoms. The zero-order valence-corrected chi connectivity index (χ0v) is 14.3. The Kier molecular flexibility index (Phi) is 5.19. The Morgan fingerprint density at radius 2 is 2.09 bits per heavy atom. The van der Waals surface area contributed by atoms with Crippen molar-refractivity contribution in [1.82, 2.24) is 19.7 Å². The molecule has 0 fully saturated rings. The minimum Gasteiger partial charge on any atom is -0.389 e. The molecule has 22 heavy (non-hydrogen) atoms. The summed E-state index contributed by atoms with van der Waals surface area (Å²) < 4.78 is 2.06. The fourth-order valence-corrected chi connectivity index (χ4v) is 2.67. The standard InChI is InChI=1S/C17H28N4O/c1-12(2)6-7-17(5,22)11-18-9-15-10-19-16-20-13(3)8-14(4)21(15)16/h8,10,12,18,22H,6-7,9,11H2,1-5H3. The molecular formula is C17H28N4O. The molecule has 2 rings (SSSR count). The molecule has 2 aromatic heterocycles. The summed E-state index contributed by atoms with van der Waals surface area (Å²) in [4.78, 5) is 8.80. The second-order valence-corrected chi connectivity index (χ2v) is 6.96. The molecule has 0 saturated carbocycles. The molecule has 0 bridgehead atoms. The highest BCUT2D eigenvalue weighted by Crippen LogP contribution is 2.16. The van der Waals surface area contributed by atoms with Crippen LogP contribution in [-0.4, -0.2) is 31.6 Å². The zero-order chi connectivity index (χ0) is 16.3. The lowest BCUT2D eigenvalue weighted by Gasteiger charge is -2.24. The van der Waals surface area contributed by atoms with Gasteiger partial charge in [0.15, 0.2) is 0 Å². The second-order valence-electron chi connectivity index (χ2n) is 6.96. The molecule has 2 heterocycles. The third kappa shape index (κ3) is 4.27. The molecule has 0 aromatic carbocycles. The van der Waals surface area contributed by atoms with Gasteiger partial charge in [-0.3, -0.25) is 4.40 Å². The Morgan fingerprint density at radius 1 is 1.36 bits per heavy atom. The molecule has 1 unspecified atom stereocenters. The molecule has 0 saturated heterocycles. The van der Waals surface area contributed by atoms with Crippen LogP contribution in [0.15, 0.2) is 12.3 Å². The number of aryl methyl sites for hydroxylation is 2. The van der Waals surface area contributed by atoms with E-state index in [2.05, 4.69) is 46.5 Å². The summed E-state index contributed by atoms with van der Waals surface area (Å²) >= 11 is 0. The number of imidazole rings is 1. The van der Waals surface area contributed by atoms with Gasteiger partial charge >= 0.3 is 0 Å². The van der Waals surface area contributed by atoms with Crippen molar-refractivity contribution in [2.24, 2.45) is 5.92 Å². The lowest BCUT2D eigenvalue weighted by molar-refractivity contribution is 0.0450. The molecule has 2 N–H and O–H groups in total. The first-order chi connectivity index (χ1) is 10.3. The maximum Gasteiger partial charge on any atom is 0.234 e. The van der Waals surface area contributed by atoms with E-state index < -0.39 is 5.60 Å². The van der Waals surface area contributed by atoms with Crippen LogP contribution in [0.25, 0.3) is 5.78 Å². The maximum atomic E-state index is 10.4. The average Bonchev–Trinajstić information content (AvgIpc) is 2.79. The van der Waals surface area contributed by atoms with E-state index in [-0.39, 0.29) is 0 Å². The normalized spacial score (nSPS) is 14.7. The van der Waals surface area contributed by atoms with E-state index in [1.54, 1.807) is 0 Å². The fraction of sp³-hybridized carbons (Fsp3) is 0.647. The van der Waals surface area contributed by atoms with Gasteiger partial charge in [-0.15, -0.1) is 0 Å². The molecule has 1 atom stereocenters. The lowest BCUT2D eigenvalue weighted by Crippen LogP contribution is -2.37. The van der Waals surface area contributed by atoms with Crippen LogP contribution in [0.5, 0.6) is 0 Å². The van der Waals surface area contributed by atoms with Gasteiger partial charge in [-0.2, -0.15) is 0 Å². The van der Waals surface area contributed by atoms with Gasteiger partial charge in [0.05, 0.1) is 17.5 Å². The molecule has 0 aliphatic rings. The summed E-state index contributed by atoms with van der Waals surface area (Å²) in [5.41, 5.74) is 2.50. The summed E-state index contributed by atoms with van der Waals surface area (Å²) in [6.07, 6.45) is 3.70. The molecule has 122 valence electrons. The van der Waals surface area contributed by atoms with E-state index >= 15 is 0 Å². The van der Waals surface area contributed by atoms with Crippen molar-refractivity contribution in [3.8, 4) is 0 Å². The fourth-order valence-electron chi connectivity index (χ4n) is 2.67. The van der Waals surface area contributed by atoms with Crippen LogP contribution in [-0.2, 0) is 6.54 Å². The monoisotopic (exact) mass is 304 g/mol. The minimum absolute atomic E-state index is 0.575. The van der Waals surface area contributed by atoms with Crippen LogP contribution in [0.2, 0.25) is 0 Å². The van der Waals surface area contributed by atoms with E-state index in [0.717, 1.165) is 35.7 Å². The maximum absolute atomic E-state index is 10.4. The Hall–Kier alpha value is -1.46. The van der Waals surface area contributed by atoms with E-state index in [0.29, 0.717) is 19.0 Å². The van der Waals surface area contributed by atoms with Gasteiger partial charge in [-0.1, -0.05) is 13.8 Å². The summed E-state index contributed by atoms with van der Waals surface area (Å²) in [5.74, 6) is 1.35. The van der Waals surface area contributed by atoms with Crippen LogP contribution in [0.4, 0.5) is 0 Å². The first-order valence-corrected chi connectivity index (χ1v) is 8.02. The predicted molar refractivity (Wildman–Crippen MR) is 88.9 cm³/mol. The number of aliphatic hydroxyl groups is 1. The van der Waals surface area contributed by atoms with E-state index in [4.69, 9.17) is 0 Å². The summed E-state index contributed by atoms with van der Waals surface area (Å²) in [6.45, 7) is 11.5. The number of aromatic nitrogens is 3. The molecule has 0 aliphatic heterocycles. The highest BCUT2D eigenvalue weighted by atomic mass is 16.3. The topological polar surface area (TPSA) is 62.5 Å². The SMILES string of the molecule is Cc1cc(C)n2c(CNCC(C)(O)CCC(C)C)cnc2n1. The minimum atomic E-state index is -0.672. The number of hydrogen-bond donors (Lipinski definition) is 2. The number of hydrogen-bond acceptors (Lipinski definition) is 4. The molecule has 2 aromatic rings. The quantitative estimate of drug-likeness (QED) is 0.825. The Balaban J connectivity index is 1.98. The summed E-state index contributed by atoms with van der Waals surface area (Å²) in [7, 11) is 0. The van der Waals surface area contributed by atoms with Gasteiger partial charge in [-0.25, -0.2) is 9.97 Å². The highest BCUT2D eigenvalue weighted by molar-refractivity contribution is 5.35. The van der Waals surface area contributed by atoms with Gasteiger partial charge in [0.25, 0.3) is 0 Å². The van der Waals surface area contributed by atoms with Crippen molar-refractivity contribution in [2.45, 2.75) is 59.6 Å². The Bertz CT molecular complexity index is 631. The predicted octanol–water partition coefficient (Wildman–Crippen LogP) is 2.62. The number of rotatable bonds is 7. The number of nitrogens with zero attached hydrogens (tertiary/aromatic N) is 3. The van der Waals surface area contributed by atoms with Crippen LogP contribution in [0, 0.1) is 19.8 Å². The average molecular weight is 304 g/mol. The van der Waals surface area contributed by atoms with Crippen molar-refractivity contribution in [2.75, 3.05) is 6.54 Å². The van der Waals surface area contributed by atoms with Gasteiger partial charge in [-0.05, 0) is 45.6 Å². The smallest absolute Gasteiger partial charge is 0.234 e. The second kappa shape index (κ2) is 6.75. The van der Waals surface area contributed by atoms with Crippen molar-refractivity contribution in [3.05, 3.63) is 29.3 Å². The Morgan fingerprint density at radius 3 is 2.77 bits per heavy atom. The summed E-state index contributed by atoms with van der Waals surface area (Å²) in [5, 5.41) is 13.7. The van der Waals surface area contributed by atoms with Crippen molar-refractivity contribution in [1.29, 1.82) is 0 Å². The van der Waals surface area contributed by atoms with Crippen molar-refractivity contribution in [3.63, 3.8) is 0 Å². The van der Waals surface area contributed by atoms with E-state index in [1.807, 2.05) is 20.0 Å². The van der Waals surface area contributed by atoms with Crippen molar-refractivity contribution >= 4 is 5.78 Å². The van der Waals surface area contributed by atoms with Gasteiger partial charge in [0.1, 0.15) is 0 Å². The molecule has 5 nitrogen and oxygen atoms in total. The first-order valence-electron chi connectivity index (χ1n) is 8.02. The van der Waals surface area contributed by atoms with Gasteiger partial charge in [0.2, 0.25) is 5.78 Å². The van der Waals surface area contributed by atoms with Crippen LogP contribution < -0.4 is 5.32 Å². The highest BCUT2D eigenvalue weighted by Gasteiger charge is 2.20. The van der Waals surface area contributed by atoms with Crippen LogP contribution in [0.3, 0.4) is 0 Å². The van der Waals surface area contributed by atoms with E-state index in [1.165, 1.54) is 0 Å². The third-order valence-electron chi connectivity index (χ3n) is 3.94. The zero-order valence-electron chi connectivity index (χ0n) is 14.3. The molecule has 0 amide bonds. The number of nitrogens with one attached hydrogen (secondary N) is 1. The van der Waals surface area contributed by atoms with Crippen molar-refractivity contribution < 1.29 is 5.11 Å². The molecule has 0 spiro atoms. The first kappa shape index (κ1) is 16.9. The number of fused-ring (bicyclic) bond motifs is 1. The van der Waals surface area contributed by atoms with Crippen LogP contribution in [0.1, 0.15) is 50.7 Å². The Labute approximate surface area is 132 Å².